The largest absolute Gasteiger partial charge is 0.523 e. The maximum Gasteiger partial charge on any atom is 0.523 e. The second-order valence-electron chi connectivity index (χ2n) is 2.92. The van der Waals surface area contributed by atoms with Crippen molar-refractivity contribution in [1.29, 1.82) is 0 Å². The number of hydrogen-bond acceptors (Lipinski definition) is 4. The van der Waals surface area contributed by atoms with Crippen molar-refractivity contribution in [3.63, 3.8) is 0 Å². The van der Waals surface area contributed by atoms with Gasteiger partial charge >= 0.3 is 15.6 Å². The maximum absolute atomic E-state index is 12.0. The second-order valence-corrected chi connectivity index (χ2v) is 4.49. The highest BCUT2D eigenvalue weighted by atomic mass is 32.2. The van der Waals surface area contributed by atoms with Gasteiger partial charge in [-0.25, -0.2) is 0 Å². The van der Waals surface area contributed by atoms with Crippen molar-refractivity contribution in [1.82, 2.24) is 4.98 Å². The van der Waals surface area contributed by atoms with E-state index in [2.05, 4.69) is 9.17 Å². The van der Waals surface area contributed by atoms with Gasteiger partial charge in [0.15, 0.2) is 0 Å². The van der Waals surface area contributed by atoms with E-state index in [-0.39, 0.29) is 5.56 Å². The molecule has 16 heavy (non-hydrogen) atoms. The third-order valence-corrected chi connectivity index (χ3v) is 2.82. The molecule has 0 aromatic carbocycles. The van der Waals surface area contributed by atoms with Gasteiger partial charge in [0.1, 0.15) is 6.10 Å². The lowest BCUT2D eigenvalue weighted by molar-refractivity contribution is -0.0569. The Morgan fingerprint density at radius 2 is 2.06 bits per heavy atom. The van der Waals surface area contributed by atoms with E-state index in [1.54, 1.807) is 0 Å². The first-order valence-electron chi connectivity index (χ1n) is 4.13. The standard InChI is InChI=1S/C8H8F3NO3S/c1-6(7-3-2-4-12-5-7)15-16(13,14)8(9,10)11/h2-6H,1H3. The summed E-state index contributed by atoms with van der Waals surface area (Å²) >= 11 is 0. The predicted octanol–water partition coefficient (Wildman–Crippen LogP) is 2.01. The minimum Gasteiger partial charge on any atom is -0.264 e. The second kappa shape index (κ2) is 4.38. The topological polar surface area (TPSA) is 56.3 Å². The van der Waals surface area contributed by atoms with Gasteiger partial charge in [0.05, 0.1) is 0 Å². The zero-order valence-electron chi connectivity index (χ0n) is 8.10. The van der Waals surface area contributed by atoms with Crippen molar-refractivity contribution in [3.8, 4) is 0 Å². The van der Waals surface area contributed by atoms with E-state index < -0.39 is 21.7 Å². The Labute approximate surface area is 90.2 Å². The summed E-state index contributed by atoms with van der Waals surface area (Å²) < 4.78 is 61.3. The number of rotatable bonds is 3. The molecule has 0 aliphatic carbocycles. The molecule has 8 heteroatoms. The van der Waals surface area contributed by atoms with Gasteiger partial charge in [-0.1, -0.05) is 6.07 Å². The van der Waals surface area contributed by atoms with E-state index >= 15 is 0 Å². The van der Waals surface area contributed by atoms with Crippen molar-refractivity contribution >= 4 is 10.1 Å². The number of hydrogen-bond donors (Lipinski definition) is 0. The Balaban J connectivity index is 2.85. The van der Waals surface area contributed by atoms with Crippen LogP contribution in [0.3, 0.4) is 0 Å². The highest BCUT2D eigenvalue weighted by Gasteiger charge is 2.48. The van der Waals surface area contributed by atoms with Crippen molar-refractivity contribution in [2.75, 3.05) is 0 Å². The van der Waals surface area contributed by atoms with Crippen LogP contribution in [0.2, 0.25) is 0 Å². The molecule has 1 unspecified atom stereocenters. The van der Waals surface area contributed by atoms with Gasteiger partial charge < -0.3 is 0 Å². The number of aromatic nitrogens is 1. The van der Waals surface area contributed by atoms with Gasteiger partial charge in [0.25, 0.3) is 0 Å². The maximum atomic E-state index is 12.0. The van der Waals surface area contributed by atoms with Crippen LogP contribution in [0, 0.1) is 0 Å². The lowest BCUT2D eigenvalue weighted by atomic mass is 10.2. The smallest absolute Gasteiger partial charge is 0.264 e. The third kappa shape index (κ3) is 2.92. The van der Waals surface area contributed by atoms with E-state index in [0.717, 1.165) is 0 Å². The Bertz CT molecular complexity index is 443. The van der Waals surface area contributed by atoms with Crippen LogP contribution in [0.1, 0.15) is 18.6 Å². The van der Waals surface area contributed by atoms with Crippen LogP contribution in [0.4, 0.5) is 13.2 Å². The molecule has 0 saturated carbocycles. The molecule has 0 fully saturated rings. The van der Waals surface area contributed by atoms with Crippen LogP contribution in [0.15, 0.2) is 24.5 Å². The molecule has 0 bridgehead atoms. The predicted molar refractivity (Wildman–Crippen MR) is 48.7 cm³/mol. The van der Waals surface area contributed by atoms with Crippen LogP contribution in [0.5, 0.6) is 0 Å². The average Bonchev–Trinajstić information content (AvgIpc) is 2.16. The number of pyridine rings is 1. The molecule has 1 rings (SSSR count). The number of alkyl halides is 3. The van der Waals surface area contributed by atoms with E-state index in [1.165, 1.54) is 31.5 Å². The van der Waals surface area contributed by atoms with Gasteiger partial charge in [-0.05, 0) is 13.0 Å². The normalized spacial score (nSPS) is 14.8. The average molecular weight is 255 g/mol. The quantitative estimate of drug-likeness (QED) is 0.612. The van der Waals surface area contributed by atoms with Crippen molar-refractivity contribution in [2.24, 2.45) is 0 Å². The molecule has 0 aliphatic rings. The summed E-state index contributed by atoms with van der Waals surface area (Å²) in [5, 5.41) is 0. The van der Waals surface area contributed by atoms with E-state index in [1.807, 2.05) is 0 Å². The molecular formula is C8H8F3NO3S. The summed E-state index contributed by atoms with van der Waals surface area (Å²) in [7, 11) is -5.57. The molecule has 0 amide bonds. The first kappa shape index (κ1) is 12.9. The fourth-order valence-electron chi connectivity index (χ4n) is 0.917. The van der Waals surface area contributed by atoms with E-state index in [0.29, 0.717) is 0 Å². The van der Waals surface area contributed by atoms with Crippen molar-refractivity contribution in [2.45, 2.75) is 18.5 Å². The SMILES string of the molecule is CC(OS(=O)(=O)C(F)(F)F)c1cccnc1. The Morgan fingerprint density at radius 3 is 2.50 bits per heavy atom. The Hall–Kier alpha value is -1.15. The van der Waals surface area contributed by atoms with Gasteiger partial charge in [0, 0.05) is 18.0 Å². The highest BCUT2D eigenvalue weighted by Crippen LogP contribution is 2.29. The fraction of sp³-hybridized carbons (Fsp3) is 0.375. The van der Waals surface area contributed by atoms with Gasteiger partial charge in [-0.3, -0.25) is 9.17 Å². The number of halogens is 3. The molecule has 4 nitrogen and oxygen atoms in total. The van der Waals surface area contributed by atoms with Gasteiger partial charge in [-0.2, -0.15) is 21.6 Å². The lowest BCUT2D eigenvalue weighted by Gasteiger charge is -2.14. The lowest BCUT2D eigenvalue weighted by Crippen LogP contribution is -2.26. The molecule has 0 spiro atoms. The Kier molecular flexibility index (Phi) is 3.54. The summed E-state index contributed by atoms with van der Waals surface area (Å²) in [5.41, 5.74) is -5.17. The molecule has 1 aromatic rings. The zero-order valence-corrected chi connectivity index (χ0v) is 8.92. The van der Waals surface area contributed by atoms with Crippen molar-refractivity contribution < 1.29 is 25.8 Å². The minimum atomic E-state index is -5.57. The molecule has 0 saturated heterocycles. The monoisotopic (exact) mass is 255 g/mol. The molecule has 1 atom stereocenters. The summed E-state index contributed by atoms with van der Waals surface area (Å²) in [5.74, 6) is 0. The number of nitrogens with zero attached hydrogens (tertiary/aromatic N) is 1. The highest BCUT2D eigenvalue weighted by molar-refractivity contribution is 7.87. The molecular weight excluding hydrogens is 247 g/mol. The molecule has 1 heterocycles. The van der Waals surface area contributed by atoms with Crippen LogP contribution in [-0.4, -0.2) is 18.9 Å². The zero-order chi connectivity index (χ0) is 12.4. The van der Waals surface area contributed by atoms with Gasteiger partial charge in [0.2, 0.25) is 0 Å². The first-order chi connectivity index (χ1) is 7.24. The van der Waals surface area contributed by atoms with Crippen molar-refractivity contribution in [3.05, 3.63) is 30.1 Å². The Morgan fingerprint density at radius 1 is 1.44 bits per heavy atom. The summed E-state index contributed by atoms with van der Waals surface area (Å²) in [6, 6.07) is 2.89. The molecule has 90 valence electrons. The fourth-order valence-corrected chi connectivity index (χ4v) is 1.52. The molecule has 0 radical (unpaired) electrons. The van der Waals surface area contributed by atoms with E-state index in [4.69, 9.17) is 0 Å². The first-order valence-corrected chi connectivity index (χ1v) is 5.54. The molecule has 1 aromatic heterocycles. The van der Waals surface area contributed by atoms with Crippen LogP contribution in [0.25, 0.3) is 0 Å². The summed E-state index contributed by atoms with van der Waals surface area (Å²) in [6.45, 7) is 1.19. The summed E-state index contributed by atoms with van der Waals surface area (Å²) in [6.07, 6.45) is 1.41. The van der Waals surface area contributed by atoms with Crippen LogP contribution in [-0.2, 0) is 14.3 Å². The minimum absolute atomic E-state index is 0.246. The molecule has 0 aliphatic heterocycles. The van der Waals surface area contributed by atoms with E-state index in [9.17, 15) is 21.6 Å². The van der Waals surface area contributed by atoms with Gasteiger partial charge in [-0.15, -0.1) is 0 Å². The third-order valence-electron chi connectivity index (χ3n) is 1.71. The summed E-state index contributed by atoms with van der Waals surface area (Å²) in [4.78, 5) is 3.64. The molecule has 0 N–H and O–H groups in total. The van der Waals surface area contributed by atoms with Crippen LogP contribution < -0.4 is 0 Å². The van der Waals surface area contributed by atoms with Crippen LogP contribution >= 0.6 is 0 Å².